The van der Waals surface area contributed by atoms with Gasteiger partial charge in [0.05, 0.1) is 18.1 Å². The predicted octanol–water partition coefficient (Wildman–Crippen LogP) is 3.90. The summed E-state index contributed by atoms with van der Waals surface area (Å²) in [4.78, 5) is 2.56. The molecule has 0 radical (unpaired) electrons. The van der Waals surface area contributed by atoms with Gasteiger partial charge < -0.3 is 14.1 Å². The van der Waals surface area contributed by atoms with E-state index in [2.05, 4.69) is 41.1 Å². The Labute approximate surface area is 199 Å². The van der Waals surface area contributed by atoms with Crippen molar-refractivity contribution in [3.05, 3.63) is 54.1 Å². The predicted molar refractivity (Wildman–Crippen MR) is 129 cm³/mol. The summed E-state index contributed by atoms with van der Waals surface area (Å²) < 4.78 is 38.4. The first-order chi connectivity index (χ1) is 16.0. The Hall–Kier alpha value is -2.40. The van der Waals surface area contributed by atoms with Crippen LogP contribution in [0.25, 0.3) is 11.5 Å². The highest BCUT2D eigenvalue weighted by Crippen LogP contribution is 2.28. The largest absolute Gasteiger partial charge is 0.411 e. The van der Waals surface area contributed by atoms with Crippen molar-refractivity contribution in [1.82, 2.24) is 14.5 Å². The Kier molecular flexibility index (Phi) is 7.69. The van der Waals surface area contributed by atoms with Crippen LogP contribution in [0.4, 0.5) is 5.69 Å². The topological polar surface area (TPSA) is 88.8 Å². The van der Waals surface area contributed by atoms with Gasteiger partial charge in [-0.1, -0.05) is 23.9 Å². The van der Waals surface area contributed by atoms with E-state index in [4.69, 9.17) is 9.15 Å². The van der Waals surface area contributed by atoms with E-state index in [9.17, 15) is 8.42 Å². The lowest BCUT2D eigenvalue weighted by Gasteiger charge is -2.26. The van der Waals surface area contributed by atoms with E-state index in [1.807, 2.05) is 18.2 Å². The minimum absolute atomic E-state index is 0.294. The number of aromatic nitrogens is 2. The molecule has 0 bridgehead atoms. The van der Waals surface area contributed by atoms with Crippen LogP contribution in [0.5, 0.6) is 0 Å². The molecule has 1 aliphatic rings. The van der Waals surface area contributed by atoms with Crippen molar-refractivity contribution in [1.29, 1.82) is 0 Å². The fraction of sp³-hybridized carbons (Fsp3) is 0.391. The van der Waals surface area contributed by atoms with Gasteiger partial charge in [0.2, 0.25) is 15.9 Å². The molecular weight excluding hydrogens is 460 g/mol. The average Bonchev–Trinajstić information content (AvgIpc) is 3.34. The summed E-state index contributed by atoms with van der Waals surface area (Å²) in [7, 11) is -3.52. The van der Waals surface area contributed by atoms with Gasteiger partial charge in [-0.05, 0) is 55.8 Å². The Morgan fingerprint density at radius 1 is 1.03 bits per heavy atom. The normalized spacial score (nSPS) is 15.0. The van der Waals surface area contributed by atoms with Crippen LogP contribution in [0.3, 0.4) is 0 Å². The molecule has 0 amide bonds. The first-order valence-corrected chi connectivity index (χ1v) is 13.4. The Bertz CT molecular complexity index is 1160. The highest BCUT2D eigenvalue weighted by atomic mass is 32.2. The molecule has 176 valence electrons. The molecule has 2 aromatic carbocycles. The molecule has 3 aromatic rings. The van der Waals surface area contributed by atoms with Crippen LogP contribution < -0.4 is 4.90 Å². The van der Waals surface area contributed by atoms with E-state index in [-0.39, 0.29) is 0 Å². The molecule has 33 heavy (non-hydrogen) atoms. The van der Waals surface area contributed by atoms with Crippen LogP contribution in [0.2, 0.25) is 0 Å². The molecule has 4 rings (SSSR count). The van der Waals surface area contributed by atoms with Crippen LogP contribution in [-0.4, -0.2) is 62.3 Å². The summed E-state index contributed by atoms with van der Waals surface area (Å²) in [5, 5.41) is 8.75. The summed E-state index contributed by atoms with van der Waals surface area (Å²) in [6.07, 6.45) is 0. The number of morpholine rings is 1. The van der Waals surface area contributed by atoms with Gasteiger partial charge in [0.15, 0.2) is 0 Å². The third-order valence-corrected chi connectivity index (χ3v) is 8.30. The van der Waals surface area contributed by atoms with Gasteiger partial charge in [0.25, 0.3) is 5.22 Å². The summed E-state index contributed by atoms with van der Waals surface area (Å²) in [6, 6.07) is 15.1. The zero-order valence-electron chi connectivity index (χ0n) is 18.8. The van der Waals surface area contributed by atoms with E-state index in [1.165, 1.54) is 16.1 Å². The Balaban J connectivity index is 1.41. The van der Waals surface area contributed by atoms with E-state index >= 15 is 0 Å². The molecule has 1 aromatic heterocycles. The quantitative estimate of drug-likeness (QED) is 0.419. The van der Waals surface area contributed by atoms with Crippen LogP contribution in [0.1, 0.15) is 19.4 Å². The molecule has 8 nitrogen and oxygen atoms in total. The molecule has 2 heterocycles. The minimum Gasteiger partial charge on any atom is -0.411 e. The van der Waals surface area contributed by atoms with Crippen molar-refractivity contribution in [2.45, 2.75) is 29.7 Å². The third-order valence-electron chi connectivity index (χ3n) is 5.52. The first-order valence-electron chi connectivity index (χ1n) is 11.0. The summed E-state index contributed by atoms with van der Waals surface area (Å²) in [5.41, 5.74) is 2.89. The van der Waals surface area contributed by atoms with Crippen molar-refractivity contribution in [3.63, 3.8) is 0 Å². The second kappa shape index (κ2) is 10.7. The van der Waals surface area contributed by atoms with E-state index in [0.29, 0.717) is 48.1 Å². The van der Waals surface area contributed by atoms with E-state index in [0.717, 1.165) is 29.9 Å². The van der Waals surface area contributed by atoms with Crippen molar-refractivity contribution in [2.24, 2.45) is 0 Å². The van der Waals surface area contributed by atoms with Crippen LogP contribution >= 0.6 is 11.8 Å². The molecule has 0 aliphatic carbocycles. The maximum absolute atomic E-state index is 12.9. The molecule has 1 aliphatic heterocycles. The van der Waals surface area contributed by atoms with Gasteiger partial charge in [-0.25, -0.2) is 8.42 Å². The lowest BCUT2D eigenvalue weighted by Crippen LogP contribution is -2.40. The summed E-state index contributed by atoms with van der Waals surface area (Å²) >= 11 is 1.38. The number of benzene rings is 2. The first kappa shape index (κ1) is 23.7. The maximum atomic E-state index is 12.9. The number of thioether (sulfide) groups is 1. The smallest absolute Gasteiger partial charge is 0.277 e. The monoisotopic (exact) mass is 488 g/mol. The number of anilines is 1. The number of ether oxygens (including phenoxy) is 1. The number of rotatable bonds is 9. The van der Waals surface area contributed by atoms with E-state index < -0.39 is 10.0 Å². The van der Waals surface area contributed by atoms with Gasteiger partial charge in [-0.3, -0.25) is 0 Å². The second-order valence-electron chi connectivity index (χ2n) is 7.54. The molecule has 0 saturated carbocycles. The summed E-state index contributed by atoms with van der Waals surface area (Å²) in [5.74, 6) is 0.988. The van der Waals surface area contributed by atoms with Crippen LogP contribution in [0.15, 0.2) is 63.1 Å². The maximum Gasteiger partial charge on any atom is 0.277 e. The molecule has 0 unspecified atom stereocenters. The minimum atomic E-state index is -3.52. The zero-order valence-corrected chi connectivity index (χ0v) is 20.4. The lowest BCUT2D eigenvalue weighted by atomic mass is 10.2. The van der Waals surface area contributed by atoms with Crippen molar-refractivity contribution >= 4 is 27.5 Å². The van der Waals surface area contributed by atoms with Crippen molar-refractivity contribution in [2.75, 3.05) is 44.3 Å². The van der Waals surface area contributed by atoms with Crippen LogP contribution in [0, 0.1) is 0 Å². The number of sulfonamides is 1. The number of hydrogen-bond donors (Lipinski definition) is 0. The summed E-state index contributed by atoms with van der Waals surface area (Å²) in [6.45, 7) is 7.76. The molecule has 1 saturated heterocycles. The standard InChI is InChI=1S/C23H28N4O4S2/c1-3-26(4-2)20-10-8-19(9-11-20)22-24-25-23(31-22)32-17-18-6-5-7-21(16-18)33(28,29)27-12-14-30-15-13-27/h5-11,16H,3-4,12-15,17H2,1-2H3. The van der Waals surface area contributed by atoms with Gasteiger partial charge in [0.1, 0.15) is 0 Å². The van der Waals surface area contributed by atoms with Gasteiger partial charge in [-0.15, -0.1) is 10.2 Å². The molecule has 0 spiro atoms. The molecular formula is C23H28N4O4S2. The average molecular weight is 489 g/mol. The third kappa shape index (κ3) is 5.57. The molecule has 10 heteroatoms. The van der Waals surface area contributed by atoms with Gasteiger partial charge in [-0.2, -0.15) is 4.31 Å². The fourth-order valence-electron chi connectivity index (χ4n) is 3.67. The van der Waals surface area contributed by atoms with Gasteiger partial charge in [0, 0.05) is 43.2 Å². The lowest BCUT2D eigenvalue weighted by molar-refractivity contribution is 0.0730. The second-order valence-corrected chi connectivity index (χ2v) is 10.4. The fourth-order valence-corrected chi connectivity index (χ4v) is 5.85. The highest BCUT2D eigenvalue weighted by molar-refractivity contribution is 7.98. The highest BCUT2D eigenvalue weighted by Gasteiger charge is 2.26. The van der Waals surface area contributed by atoms with Crippen molar-refractivity contribution in [3.8, 4) is 11.5 Å². The zero-order chi connectivity index (χ0) is 23.3. The molecule has 1 fully saturated rings. The van der Waals surface area contributed by atoms with Gasteiger partial charge >= 0.3 is 0 Å². The number of hydrogen-bond acceptors (Lipinski definition) is 8. The SMILES string of the molecule is CCN(CC)c1ccc(-c2nnc(SCc3cccc(S(=O)(=O)N4CCOCC4)c3)o2)cc1. The molecule has 0 atom stereocenters. The van der Waals surface area contributed by atoms with E-state index in [1.54, 1.807) is 18.2 Å². The Morgan fingerprint density at radius 2 is 1.76 bits per heavy atom. The Morgan fingerprint density at radius 3 is 2.45 bits per heavy atom. The van der Waals surface area contributed by atoms with Crippen molar-refractivity contribution < 1.29 is 17.6 Å². The molecule has 0 N–H and O–H groups in total. The number of nitrogens with zero attached hydrogens (tertiary/aromatic N) is 4. The van der Waals surface area contributed by atoms with Crippen LogP contribution in [-0.2, 0) is 20.5 Å².